The molecule has 1 aromatic rings. The summed E-state index contributed by atoms with van der Waals surface area (Å²) in [5.74, 6) is -0.198. The summed E-state index contributed by atoms with van der Waals surface area (Å²) in [5, 5.41) is 11.6. The van der Waals surface area contributed by atoms with Gasteiger partial charge in [0.2, 0.25) is 0 Å². The third-order valence-corrected chi connectivity index (χ3v) is 5.37. The molecule has 3 rings (SSSR count). The molecule has 0 aromatic carbocycles. The summed E-state index contributed by atoms with van der Waals surface area (Å²) >= 11 is 1.79. The number of thiophene rings is 1. The van der Waals surface area contributed by atoms with Crippen LogP contribution in [0.4, 0.5) is 0 Å². The molecule has 3 heteroatoms. The molecular formula is C14H18O2S. The van der Waals surface area contributed by atoms with Crippen molar-refractivity contribution in [1.29, 1.82) is 0 Å². The number of aryl methyl sites for hydroxylation is 1. The standard InChI is InChI=1S/C14H18O2S/c15-14(16)10-6-7-12-13(10)11(8-17-12)9-4-2-1-3-5-9/h8-10H,1-7H2,(H,15,16). The maximum atomic E-state index is 11.3. The molecule has 1 aromatic heterocycles. The highest BCUT2D eigenvalue weighted by molar-refractivity contribution is 7.10. The Labute approximate surface area is 106 Å². The molecule has 2 nitrogen and oxygen atoms in total. The van der Waals surface area contributed by atoms with E-state index in [1.165, 1.54) is 48.1 Å². The molecule has 1 N–H and O–H groups in total. The second kappa shape index (κ2) is 4.45. The van der Waals surface area contributed by atoms with Crippen LogP contribution in [-0.2, 0) is 11.2 Å². The number of carboxylic acid groups (broad SMARTS) is 1. The van der Waals surface area contributed by atoms with Crippen molar-refractivity contribution in [2.24, 2.45) is 0 Å². The average molecular weight is 250 g/mol. The fourth-order valence-electron chi connectivity index (χ4n) is 3.41. The summed E-state index contributed by atoms with van der Waals surface area (Å²) in [6, 6.07) is 0. The van der Waals surface area contributed by atoms with Gasteiger partial charge in [0.1, 0.15) is 0 Å². The minimum atomic E-state index is -0.626. The summed E-state index contributed by atoms with van der Waals surface area (Å²) < 4.78 is 0. The Balaban J connectivity index is 1.93. The molecule has 92 valence electrons. The highest BCUT2D eigenvalue weighted by Crippen LogP contribution is 2.45. The van der Waals surface area contributed by atoms with E-state index in [1.807, 2.05) is 0 Å². The predicted molar refractivity (Wildman–Crippen MR) is 68.8 cm³/mol. The molecule has 0 bridgehead atoms. The van der Waals surface area contributed by atoms with E-state index < -0.39 is 5.97 Å². The van der Waals surface area contributed by atoms with Crippen molar-refractivity contribution in [1.82, 2.24) is 0 Å². The lowest BCUT2D eigenvalue weighted by molar-refractivity contribution is -0.138. The molecule has 0 radical (unpaired) electrons. The van der Waals surface area contributed by atoms with Gasteiger partial charge in [-0.2, -0.15) is 0 Å². The zero-order valence-electron chi connectivity index (χ0n) is 9.95. The summed E-state index contributed by atoms with van der Waals surface area (Å²) in [4.78, 5) is 12.6. The Morgan fingerprint density at radius 3 is 2.71 bits per heavy atom. The quantitative estimate of drug-likeness (QED) is 0.864. The minimum Gasteiger partial charge on any atom is -0.481 e. The topological polar surface area (TPSA) is 37.3 Å². The zero-order valence-corrected chi connectivity index (χ0v) is 10.8. The van der Waals surface area contributed by atoms with Crippen molar-refractivity contribution in [2.45, 2.75) is 56.8 Å². The van der Waals surface area contributed by atoms with E-state index in [2.05, 4.69) is 5.38 Å². The third-order valence-electron chi connectivity index (χ3n) is 4.29. The second-order valence-corrected chi connectivity index (χ2v) is 6.26. The lowest BCUT2D eigenvalue weighted by Crippen LogP contribution is -2.12. The fraction of sp³-hybridized carbons (Fsp3) is 0.643. The van der Waals surface area contributed by atoms with Gasteiger partial charge in [0.05, 0.1) is 5.92 Å². The van der Waals surface area contributed by atoms with E-state index in [0.29, 0.717) is 5.92 Å². The van der Waals surface area contributed by atoms with Crippen molar-refractivity contribution < 1.29 is 9.90 Å². The van der Waals surface area contributed by atoms with E-state index in [1.54, 1.807) is 11.3 Å². The first-order valence-electron chi connectivity index (χ1n) is 6.60. The molecular weight excluding hydrogens is 232 g/mol. The Kier molecular flexibility index (Phi) is 2.95. The number of hydrogen-bond donors (Lipinski definition) is 1. The highest BCUT2D eigenvalue weighted by Gasteiger charge is 2.34. The second-order valence-electron chi connectivity index (χ2n) is 5.29. The number of carboxylic acids is 1. The number of rotatable bonds is 2. The normalized spacial score (nSPS) is 24.8. The molecule has 0 spiro atoms. The number of fused-ring (bicyclic) bond motifs is 1. The first kappa shape index (κ1) is 11.3. The van der Waals surface area contributed by atoms with E-state index in [-0.39, 0.29) is 5.92 Å². The summed E-state index contributed by atoms with van der Waals surface area (Å²) in [6.07, 6.45) is 8.29. The molecule has 0 amide bonds. The van der Waals surface area contributed by atoms with Crippen LogP contribution < -0.4 is 0 Å². The molecule has 1 unspecified atom stereocenters. The van der Waals surface area contributed by atoms with Crippen LogP contribution in [0.2, 0.25) is 0 Å². The Morgan fingerprint density at radius 2 is 2.00 bits per heavy atom. The molecule has 1 heterocycles. The first-order chi connectivity index (χ1) is 8.27. The fourth-order valence-corrected chi connectivity index (χ4v) is 4.62. The monoisotopic (exact) mass is 250 g/mol. The predicted octanol–water partition coefficient (Wildman–Crippen LogP) is 3.91. The van der Waals surface area contributed by atoms with Gasteiger partial charge < -0.3 is 5.11 Å². The van der Waals surface area contributed by atoms with Gasteiger partial charge in [0, 0.05) is 4.88 Å². The molecule has 0 aliphatic heterocycles. The smallest absolute Gasteiger partial charge is 0.311 e. The van der Waals surface area contributed by atoms with Gasteiger partial charge in [-0.3, -0.25) is 4.79 Å². The van der Waals surface area contributed by atoms with Crippen LogP contribution in [0.25, 0.3) is 0 Å². The van der Waals surface area contributed by atoms with Gasteiger partial charge in [0.25, 0.3) is 0 Å². The van der Waals surface area contributed by atoms with Crippen LogP contribution in [-0.4, -0.2) is 11.1 Å². The third kappa shape index (κ3) is 1.90. The van der Waals surface area contributed by atoms with Gasteiger partial charge in [-0.05, 0) is 48.1 Å². The van der Waals surface area contributed by atoms with Crippen molar-refractivity contribution >= 4 is 17.3 Å². The van der Waals surface area contributed by atoms with Gasteiger partial charge in [0.15, 0.2) is 0 Å². The van der Waals surface area contributed by atoms with Crippen molar-refractivity contribution in [3.05, 3.63) is 21.4 Å². The van der Waals surface area contributed by atoms with E-state index in [0.717, 1.165) is 12.8 Å². The largest absolute Gasteiger partial charge is 0.481 e. The molecule has 2 aliphatic rings. The van der Waals surface area contributed by atoms with Crippen molar-refractivity contribution in [2.75, 3.05) is 0 Å². The van der Waals surface area contributed by atoms with Gasteiger partial charge in [-0.15, -0.1) is 11.3 Å². The SMILES string of the molecule is O=C(O)C1CCc2scc(C3CCCCC3)c21. The lowest BCUT2D eigenvalue weighted by atomic mass is 9.82. The van der Waals surface area contributed by atoms with Crippen LogP contribution in [0.15, 0.2) is 5.38 Å². The van der Waals surface area contributed by atoms with Crippen LogP contribution in [0.5, 0.6) is 0 Å². The van der Waals surface area contributed by atoms with Gasteiger partial charge in [-0.1, -0.05) is 19.3 Å². The van der Waals surface area contributed by atoms with Crippen LogP contribution in [0.3, 0.4) is 0 Å². The van der Waals surface area contributed by atoms with Crippen LogP contribution >= 0.6 is 11.3 Å². The summed E-state index contributed by atoms with van der Waals surface area (Å²) in [7, 11) is 0. The molecule has 1 atom stereocenters. The first-order valence-corrected chi connectivity index (χ1v) is 7.48. The molecule has 0 saturated heterocycles. The maximum Gasteiger partial charge on any atom is 0.311 e. The van der Waals surface area contributed by atoms with E-state index in [9.17, 15) is 9.90 Å². The van der Waals surface area contributed by atoms with Gasteiger partial charge >= 0.3 is 5.97 Å². The van der Waals surface area contributed by atoms with Crippen LogP contribution in [0, 0.1) is 0 Å². The number of hydrogen-bond acceptors (Lipinski definition) is 2. The molecule has 1 saturated carbocycles. The van der Waals surface area contributed by atoms with Gasteiger partial charge in [-0.25, -0.2) is 0 Å². The minimum absolute atomic E-state index is 0.215. The molecule has 1 fully saturated rings. The lowest BCUT2D eigenvalue weighted by Gasteiger charge is -2.23. The summed E-state index contributed by atoms with van der Waals surface area (Å²) in [6.45, 7) is 0. The Hall–Kier alpha value is -0.830. The zero-order chi connectivity index (χ0) is 11.8. The Morgan fingerprint density at radius 1 is 1.24 bits per heavy atom. The van der Waals surface area contributed by atoms with Crippen LogP contribution in [0.1, 0.15) is 66.4 Å². The highest BCUT2D eigenvalue weighted by atomic mass is 32.1. The van der Waals surface area contributed by atoms with Crippen molar-refractivity contribution in [3.63, 3.8) is 0 Å². The Bertz CT molecular complexity index is 429. The maximum absolute atomic E-state index is 11.3. The average Bonchev–Trinajstić information content (AvgIpc) is 2.90. The van der Waals surface area contributed by atoms with E-state index >= 15 is 0 Å². The van der Waals surface area contributed by atoms with Crippen molar-refractivity contribution in [3.8, 4) is 0 Å². The van der Waals surface area contributed by atoms with E-state index in [4.69, 9.17) is 0 Å². The number of carbonyl (C=O) groups is 1. The number of aliphatic carboxylic acids is 1. The molecule has 2 aliphatic carbocycles. The molecule has 17 heavy (non-hydrogen) atoms. The summed E-state index contributed by atoms with van der Waals surface area (Å²) in [5.41, 5.74) is 2.59.